The topological polar surface area (TPSA) is 64.1 Å². The third-order valence-electron chi connectivity index (χ3n) is 3.41. The number of hydrogen-bond acceptors (Lipinski definition) is 5. The van der Waals surface area contributed by atoms with Crippen LogP contribution < -0.4 is 10.1 Å². The number of hydrogen-bond donors (Lipinski definition) is 1. The van der Waals surface area contributed by atoms with E-state index in [1.54, 1.807) is 11.8 Å². The summed E-state index contributed by atoms with van der Waals surface area (Å²) in [5.74, 6) is 1.82. The van der Waals surface area contributed by atoms with E-state index >= 15 is 0 Å². The van der Waals surface area contributed by atoms with Crippen molar-refractivity contribution in [2.75, 3.05) is 18.2 Å². The van der Waals surface area contributed by atoms with Crippen LogP contribution in [0, 0.1) is 0 Å². The number of aromatic nitrogens is 2. The zero-order valence-corrected chi connectivity index (χ0v) is 15.3. The first-order valence-electron chi connectivity index (χ1n) is 7.71. The van der Waals surface area contributed by atoms with Crippen molar-refractivity contribution < 1.29 is 9.53 Å². The lowest BCUT2D eigenvalue weighted by Crippen LogP contribution is -2.15. The second-order valence-corrected chi connectivity index (χ2v) is 7.42. The summed E-state index contributed by atoms with van der Waals surface area (Å²) in [6, 6.07) is 8.56. The van der Waals surface area contributed by atoms with Crippen LogP contribution in [0.2, 0.25) is 0 Å². The Balaban J connectivity index is 1.80. The Kier molecular flexibility index (Phi) is 6.20. The third kappa shape index (κ3) is 5.53. The van der Waals surface area contributed by atoms with Gasteiger partial charge in [-0.15, -0.1) is 11.8 Å². The molecule has 0 aliphatic carbocycles. The number of anilines is 1. The van der Waals surface area contributed by atoms with E-state index in [0.717, 1.165) is 5.75 Å². The van der Waals surface area contributed by atoms with Gasteiger partial charge in [0.25, 0.3) is 0 Å². The monoisotopic (exact) mass is 345 g/mol. The highest BCUT2D eigenvalue weighted by Gasteiger charge is 2.13. The molecule has 1 heterocycles. The van der Waals surface area contributed by atoms with Gasteiger partial charge < -0.3 is 10.1 Å². The molecule has 0 fully saturated rings. The number of amides is 1. The highest BCUT2D eigenvalue weighted by atomic mass is 32.2. The van der Waals surface area contributed by atoms with Crippen molar-refractivity contribution in [1.82, 2.24) is 9.97 Å². The van der Waals surface area contributed by atoms with Crippen LogP contribution in [0.25, 0.3) is 0 Å². The predicted octanol–water partition coefficient (Wildman–Crippen LogP) is 3.65. The molecule has 128 valence electrons. The number of carbonyl (C=O) groups is 1. The minimum atomic E-state index is -0.103. The molecule has 0 saturated carbocycles. The largest absolute Gasteiger partial charge is 0.480 e. The van der Waals surface area contributed by atoms with Crippen LogP contribution in [0.15, 0.2) is 36.7 Å². The van der Waals surface area contributed by atoms with E-state index in [9.17, 15) is 4.79 Å². The second-order valence-electron chi connectivity index (χ2n) is 6.43. The molecule has 0 atom stereocenters. The molecular weight excluding hydrogens is 322 g/mol. The van der Waals surface area contributed by atoms with Crippen molar-refractivity contribution in [1.29, 1.82) is 0 Å². The molecule has 0 spiro atoms. The van der Waals surface area contributed by atoms with Crippen molar-refractivity contribution in [3.63, 3.8) is 0 Å². The molecule has 1 aromatic heterocycles. The fraction of sp³-hybridized carbons (Fsp3) is 0.389. The summed E-state index contributed by atoms with van der Waals surface area (Å²) in [5, 5.41) is 2.72. The Hall–Kier alpha value is -2.08. The number of methoxy groups -OCH3 is 1. The Bertz CT molecular complexity index is 681. The molecule has 0 bridgehead atoms. The molecule has 0 saturated heterocycles. The van der Waals surface area contributed by atoms with E-state index in [1.165, 1.54) is 30.6 Å². The van der Waals surface area contributed by atoms with Crippen molar-refractivity contribution in [2.24, 2.45) is 0 Å². The van der Waals surface area contributed by atoms with E-state index < -0.39 is 0 Å². The Labute approximate surface area is 147 Å². The third-order valence-corrected chi connectivity index (χ3v) is 4.41. The van der Waals surface area contributed by atoms with E-state index in [2.05, 4.69) is 60.3 Å². The number of ether oxygens (including phenoxy) is 1. The molecule has 0 aliphatic rings. The van der Waals surface area contributed by atoms with Crippen LogP contribution in [-0.2, 0) is 16.0 Å². The van der Waals surface area contributed by atoms with Crippen molar-refractivity contribution in [3.05, 3.63) is 47.8 Å². The van der Waals surface area contributed by atoms with E-state index in [1.807, 2.05) is 0 Å². The number of nitrogens with zero attached hydrogens (tertiary/aromatic N) is 2. The van der Waals surface area contributed by atoms with Gasteiger partial charge >= 0.3 is 0 Å². The van der Waals surface area contributed by atoms with Crippen molar-refractivity contribution in [3.8, 4) is 5.88 Å². The lowest BCUT2D eigenvalue weighted by Gasteiger charge is -2.19. The second kappa shape index (κ2) is 8.15. The van der Waals surface area contributed by atoms with Crippen molar-refractivity contribution >= 4 is 23.5 Å². The van der Waals surface area contributed by atoms with Crippen LogP contribution >= 0.6 is 11.8 Å². The summed E-state index contributed by atoms with van der Waals surface area (Å²) < 4.78 is 4.98. The average Bonchev–Trinajstić information content (AvgIpc) is 2.54. The van der Waals surface area contributed by atoms with Gasteiger partial charge in [-0.05, 0) is 16.5 Å². The molecule has 5 nitrogen and oxygen atoms in total. The van der Waals surface area contributed by atoms with Crippen molar-refractivity contribution in [2.45, 2.75) is 31.9 Å². The molecular formula is C18H23N3O2S. The van der Waals surface area contributed by atoms with Gasteiger partial charge in [0.15, 0.2) is 5.82 Å². The van der Waals surface area contributed by atoms with Crippen LogP contribution in [0.3, 0.4) is 0 Å². The molecule has 1 aromatic carbocycles. The van der Waals surface area contributed by atoms with Gasteiger partial charge in [0.1, 0.15) is 0 Å². The highest BCUT2D eigenvalue weighted by Crippen LogP contribution is 2.23. The number of nitrogens with one attached hydrogen (secondary N) is 1. The maximum absolute atomic E-state index is 11.9. The fourth-order valence-corrected chi connectivity index (χ4v) is 2.84. The van der Waals surface area contributed by atoms with E-state index in [4.69, 9.17) is 4.74 Å². The predicted molar refractivity (Wildman–Crippen MR) is 98.5 cm³/mol. The summed E-state index contributed by atoms with van der Waals surface area (Å²) in [7, 11) is 1.51. The van der Waals surface area contributed by atoms with Gasteiger partial charge in [-0.25, -0.2) is 0 Å². The molecule has 24 heavy (non-hydrogen) atoms. The van der Waals surface area contributed by atoms with Gasteiger partial charge in [0.05, 0.1) is 25.3 Å². The first-order chi connectivity index (χ1) is 11.4. The Morgan fingerprint density at radius 3 is 2.54 bits per heavy atom. The lowest BCUT2D eigenvalue weighted by molar-refractivity contribution is -0.113. The first-order valence-corrected chi connectivity index (χ1v) is 8.87. The zero-order chi connectivity index (χ0) is 17.6. The summed E-state index contributed by atoms with van der Waals surface area (Å²) in [5.41, 5.74) is 2.68. The molecule has 1 N–H and O–H groups in total. The quantitative estimate of drug-likeness (QED) is 0.866. The van der Waals surface area contributed by atoms with E-state index in [0.29, 0.717) is 17.5 Å². The van der Waals surface area contributed by atoms with Crippen LogP contribution in [-0.4, -0.2) is 28.7 Å². The maximum Gasteiger partial charge on any atom is 0.235 e. The lowest BCUT2D eigenvalue weighted by atomic mass is 9.87. The van der Waals surface area contributed by atoms with Gasteiger partial charge in [-0.3, -0.25) is 9.78 Å². The van der Waals surface area contributed by atoms with Crippen LogP contribution in [0.5, 0.6) is 5.88 Å². The van der Waals surface area contributed by atoms with Crippen LogP contribution in [0.1, 0.15) is 31.9 Å². The fourth-order valence-electron chi connectivity index (χ4n) is 2.05. The summed E-state index contributed by atoms with van der Waals surface area (Å²) >= 11 is 1.57. The first kappa shape index (κ1) is 18.3. The van der Waals surface area contributed by atoms with Gasteiger partial charge in [-0.2, -0.15) is 4.98 Å². The standard InChI is InChI=1S/C18H23N3O2S/c1-18(2,3)14-7-5-13(6-8-14)11-24-12-16(22)20-15-9-19-10-17(21-15)23-4/h5-10H,11-12H2,1-4H3,(H,20,21,22). The smallest absolute Gasteiger partial charge is 0.235 e. The maximum atomic E-state index is 11.9. The van der Waals surface area contributed by atoms with Gasteiger partial charge in [0, 0.05) is 5.75 Å². The Morgan fingerprint density at radius 1 is 1.21 bits per heavy atom. The molecule has 2 aromatic rings. The number of thioether (sulfide) groups is 1. The minimum absolute atomic E-state index is 0.103. The summed E-state index contributed by atoms with van der Waals surface area (Å²) in [6.45, 7) is 6.59. The molecule has 0 aliphatic heterocycles. The number of carbonyl (C=O) groups excluding carboxylic acids is 1. The molecule has 0 unspecified atom stereocenters. The van der Waals surface area contributed by atoms with Gasteiger partial charge in [-0.1, -0.05) is 45.0 Å². The molecule has 1 amide bonds. The zero-order valence-electron chi connectivity index (χ0n) is 14.5. The number of benzene rings is 1. The normalized spacial score (nSPS) is 11.2. The summed E-state index contributed by atoms with van der Waals surface area (Å²) in [4.78, 5) is 20.0. The van der Waals surface area contributed by atoms with E-state index in [-0.39, 0.29) is 11.3 Å². The van der Waals surface area contributed by atoms with Crippen LogP contribution in [0.4, 0.5) is 5.82 Å². The average molecular weight is 345 g/mol. The highest BCUT2D eigenvalue weighted by molar-refractivity contribution is 7.99. The SMILES string of the molecule is COc1cncc(NC(=O)CSCc2ccc(C(C)(C)C)cc2)n1. The summed E-state index contributed by atoms with van der Waals surface area (Å²) in [6.07, 6.45) is 2.99. The minimum Gasteiger partial charge on any atom is -0.480 e. The Morgan fingerprint density at radius 2 is 1.92 bits per heavy atom. The molecule has 0 radical (unpaired) electrons. The molecule has 6 heteroatoms. The number of rotatable bonds is 6. The van der Waals surface area contributed by atoms with Gasteiger partial charge in [0.2, 0.25) is 11.8 Å². The molecule has 2 rings (SSSR count).